The minimum Gasteiger partial charge on any atom is -0.299 e. The molecule has 1 nitrogen and oxygen atoms in total. The average molecular weight is 148 g/mol. The topological polar surface area (TPSA) is 17.1 Å². The van der Waals surface area contributed by atoms with Crippen molar-refractivity contribution in [3.8, 4) is 0 Å². The van der Waals surface area contributed by atoms with Gasteiger partial charge in [0.1, 0.15) is 5.78 Å². The highest BCUT2D eigenvalue weighted by atomic mass is 16.1. The maximum Gasteiger partial charge on any atom is 0.143 e. The Balaban J connectivity index is 2.03. The van der Waals surface area contributed by atoms with Gasteiger partial charge in [-0.2, -0.15) is 0 Å². The van der Waals surface area contributed by atoms with Crippen LogP contribution in [0, 0.1) is 23.7 Å². The van der Waals surface area contributed by atoms with E-state index in [1.807, 2.05) is 0 Å². The third kappa shape index (κ3) is 0.640. The molecular weight excluding hydrogens is 136 g/mol. The summed E-state index contributed by atoms with van der Waals surface area (Å²) in [6.45, 7) is 0. The molecule has 0 N–H and O–H groups in total. The summed E-state index contributed by atoms with van der Waals surface area (Å²) >= 11 is 0. The smallest absolute Gasteiger partial charge is 0.143 e. The molecule has 1 heteroatoms. The molecule has 2 bridgehead atoms. The molecule has 0 heterocycles. The summed E-state index contributed by atoms with van der Waals surface area (Å²) in [6, 6.07) is 0. The summed E-state index contributed by atoms with van der Waals surface area (Å²) < 4.78 is 0. The van der Waals surface area contributed by atoms with Crippen LogP contribution in [-0.2, 0) is 4.79 Å². The Morgan fingerprint density at radius 3 is 3.18 bits per heavy atom. The van der Waals surface area contributed by atoms with Crippen LogP contribution in [0.1, 0.15) is 19.3 Å². The standard InChI is InChI=1S/C10H12O/c11-10-6-3-1-2-4-7(10)9-5-8(6)9/h1,3,6-9H,2,4-5H2/t6-,7+,8-,9+/m0/s1. The van der Waals surface area contributed by atoms with Crippen molar-refractivity contribution in [1.82, 2.24) is 0 Å². The SMILES string of the molecule is O=C1[C@H]2C=CCC[C@@H]1[C@H]1C[C@H]12. The molecule has 0 unspecified atom stereocenters. The predicted molar refractivity (Wildman–Crippen MR) is 42.0 cm³/mol. The van der Waals surface area contributed by atoms with Gasteiger partial charge in [0.05, 0.1) is 0 Å². The van der Waals surface area contributed by atoms with Crippen LogP contribution in [0.25, 0.3) is 0 Å². The van der Waals surface area contributed by atoms with Crippen LogP contribution in [0.4, 0.5) is 0 Å². The summed E-state index contributed by atoms with van der Waals surface area (Å²) in [5.41, 5.74) is 0. The quantitative estimate of drug-likeness (QED) is 0.479. The van der Waals surface area contributed by atoms with Gasteiger partial charge in [-0.15, -0.1) is 0 Å². The van der Waals surface area contributed by atoms with Crippen LogP contribution >= 0.6 is 0 Å². The van der Waals surface area contributed by atoms with Crippen molar-refractivity contribution in [2.75, 3.05) is 0 Å². The molecule has 2 saturated carbocycles. The van der Waals surface area contributed by atoms with Gasteiger partial charge < -0.3 is 0 Å². The van der Waals surface area contributed by atoms with Crippen molar-refractivity contribution in [2.24, 2.45) is 23.7 Å². The van der Waals surface area contributed by atoms with E-state index < -0.39 is 0 Å². The number of carbonyl (C=O) groups is 1. The summed E-state index contributed by atoms with van der Waals surface area (Å²) in [5, 5.41) is 0. The van der Waals surface area contributed by atoms with Gasteiger partial charge in [0, 0.05) is 11.8 Å². The maximum absolute atomic E-state index is 11.6. The number of ketones is 1. The van der Waals surface area contributed by atoms with E-state index in [1.54, 1.807) is 0 Å². The van der Waals surface area contributed by atoms with E-state index >= 15 is 0 Å². The molecule has 4 atom stereocenters. The van der Waals surface area contributed by atoms with Crippen LogP contribution in [-0.4, -0.2) is 5.78 Å². The van der Waals surface area contributed by atoms with Crippen LogP contribution < -0.4 is 0 Å². The molecule has 3 aliphatic carbocycles. The van der Waals surface area contributed by atoms with Gasteiger partial charge in [0.25, 0.3) is 0 Å². The Hall–Kier alpha value is -0.590. The normalized spacial score (nSPS) is 52.2. The molecule has 0 spiro atoms. The van der Waals surface area contributed by atoms with Crippen LogP contribution in [0.2, 0.25) is 0 Å². The molecule has 58 valence electrons. The highest BCUT2D eigenvalue weighted by Crippen LogP contribution is 2.59. The first-order valence-corrected chi connectivity index (χ1v) is 4.58. The van der Waals surface area contributed by atoms with E-state index in [0.29, 0.717) is 17.6 Å². The second-order valence-corrected chi connectivity index (χ2v) is 4.10. The Labute approximate surface area is 66.5 Å². The number of Topliss-reactive ketones (excluding diaryl/α,β-unsaturated/α-hetero) is 1. The Kier molecular flexibility index (Phi) is 0.961. The third-order valence-electron chi connectivity index (χ3n) is 3.55. The fourth-order valence-corrected chi connectivity index (χ4v) is 2.89. The number of fused-ring (bicyclic) bond motifs is 5. The van der Waals surface area contributed by atoms with E-state index in [9.17, 15) is 4.79 Å². The summed E-state index contributed by atoms with van der Waals surface area (Å²) in [6.07, 6.45) is 7.98. The minimum atomic E-state index is 0.340. The molecule has 0 saturated heterocycles. The predicted octanol–water partition coefficient (Wildman–Crippen LogP) is 1.79. The lowest BCUT2D eigenvalue weighted by atomic mass is 9.95. The number of allylic oxidation sites excluding steroid dienone is 2. The van der Waals surface area contributed by atoms with Crippen LogP contribution in [0.15, 0.2) is 12.2 Å². The molecule has 0 aliphatic heterocycles. The van der Waals surface area contributed by atoms with E-state index in [2.05, 4.69) is 12.2 Å². The number of rotatable bonds is 0. The molecule has 2 fully saturated rings. The van der Waals surface area contributed by atoms with Gasteiger partial charge in [-0.1, -0.05) is 12.2 Å². The van der Waals surface area contributed by atoms with E-state index in [4.69, 9.17) is 0 Å². The van der Waals surface area contributed by atoms with Crippen molar-refractivity contribution in [2.45, 2.75) is 19.3 Å². The minimum absolute atomic E-state index is 0.340. The lowest BCUT2D eigenvalue weighted by Crippen LogP contribution is -2.15. The Bertz CT molecular complexity index is 241. The van der Waals surface area contributed by atoms with Gasteiger partial charge in [-0.05, 0) is 31.1 Å². The van der Waals surface area contributed by atoms with Crippen LogP contribution in [0.3, 0.4) is 0 Å². The fourth-order valence-electron chi connectivity index (χ4n) is 2.89. The van der Waals surface area contributed by atoms with E-state index in [0.717, 1.165) is 24.7 Å². The Morgan fingerprint density at radius 2 is 2.27 bits per heavy atom. The molecule has 0 aromatic carbocycles. The zero-order valence-corrected chi connectivity index (χ0v) is 6.49. The Morgan fingerprint density at radius 1 is 1.36 bits per heavy atom. The number of hydrogen-bond donors (Lipinski definition) is 0. The molecule has 3 aliphatic rings. The fraction of sp³-hybridized carbons (Fsp3) is 0.700. The average Bonchev–Trinajstić information content (AvgIpc) is 2.63. The largest absolute Gasteiger partial charge is 0.299 e. The van der Waals surface area contributed by atoms with Crippen molar-refractivity contribution in [3.05, 3.63) is 12.2 Å². The summed E-state index contributed by atoms with van der Waals surface area (Å²) in [7, 11) is 0. The molecule has 3 rings (SSSR count). The van der Waals surface area contributed by atoms with Gasteiger partial charge in [-0.25, -0.2) is 0 Å². The van der Waals surface area contributed by atoms with Crippen molar-refractivity contribution >= 4 is 5.78 Å². The molecular formula is C10H12O. The highest BCUT2D eigenvalue weighted by Gasteiger charge is 2.58. The zero-order chi connectivity index (χ0) is 7.42. The summed E-state index contributed by atoms with van der Waals surface area (Å²) in [5.74, 6) is 2.92. The van der Waals surface area contributed by atoms with Gasteiger partial charge >= 0.3 is 0 Å². The van der Waals surface area contributed by atoms with Gasteiger partial charge in [0.2, 0.25) is 0 Å². The molecule has 11 heavy (non-hydrogen) atoms. The number of hydrogen-bond acceptors (Lipinski definition) is 1. The lowest BCUT2D eigenvalue weighted by Gasteiger charge is -2.07. The van der Waals surface area contributed by atoms with Gasteiger partial charge in [-0.3, -0.25) is 4.79 Å². The second-order valence-electron chi connectivity index (χ2n) is 4.10. The second kappa shape index (κ2) is 1.77. The third-order valence-corrected chi connectivity index (χ3v) is 3.55. The first kappa shape index (κ1) is 5.99. The van der Waals surface area contributed by atoms with Crippen molar-refractivity contribution < 1.29 is 4.79 Å². The van der Waals surface area contributed by atoms with Crippen LogP contribution in [0.5, 0.6) is 0 Å². The maximum atomic E-state index is 11.6. The first-order chi connectivity index (χ1) is 5.38. The van der Waals surface area contributed by atoms with E-state index in [-0.39, 0.29) is 0 Å². The molecule has 0 aromatic rings. The molecule has 0 amide bonds. The number of carbonyl (C=O) groups excluding carboxylic acids is 1. The molecule has 0 aromatic heterocycles. The monoisotopic (exact) mass is 148 g/mol. The lowest BCUT2D eigenvalue weighted by molar-refractivity contribution is -0.124. The van der Waals surface area contributed by atoms with Crippen molar-refractivity contribution in [3.63, 3.8) is 0 Å². The first-order valence-electron chi connectivity index (χ1n) is 4.58. The van der Waals surface area contributed by atoms with Gasteiger partial charge in [0.15, 0.2) is 0 Å². The zero-order valence-electron chi connectivity index (χ0n) is 6.49. The summed E-state index contributed by atoms with van der Waals surface area (Å²) in [4.78, 5) is 11.6. The highest BCUT2D eigenvalue weighted by molar-refractivity contribution is 5.89. The van der Waals surface area contributed by atoms with Crippen molar-refractivity contribution in [1.29, 1.82) is 0 Å². The van der Waals surface area contributed by atoms with E-state index in [1.165, 1.54) is 6.42 Å². The molecule has 0 radical (unpaired) electrons.